The summed E-state index contributed by atoms with van der Waals surface area (Å²) in [5.41, 5.74) is 0. The lowest BCUT2D eigenvalue weighted by atomic mass is 10.1. The average Bonchev–Trinajstić information content (AvgIpc) is 3.36. The van der Waals surface area contributed by atoms with Gasteiger partial charge in [-0.3, -0.25) is 4.79 Å². The van der Waals surface area contributed by atoms with Gasteiger partial charge in [-0.15, -0.1) is 0 Å². The largest absolute Gasteiger partial charge is 0.388 e. The van der Waals surface area contributed by atoms with Crippen LogP contribution in [0.5, 0.6) is 0 Å². The zero-order valence-corrected chi connectivity index (χ0v) is 14.4. The van der Waals surface area contributed by atoms with Gasteiger partial charge >= 0.3 is 0 Å². The first-order valence-corrected chi connectivity index (χ1v) is 9.71. The molecule has 0 bridgehead atoms. The molecule has 2 fully saturated rings. The number of sulfonamides is 1. The lowest BCUT2D eigenvalue weighted by Gasteiger charge is -2.15. The molecular weight excluding hydrogens is 348 g/mol. The number of hydrogen-bond acceptors (Lipinski definition) is 6. The minimum absolute atomic E-state index is 0.0728. The number of aliphatic hydroxyl groups is 2. The monoisotopic (exact) mass is 370 g/mol. The minimum Gasteiger partial charge on any atom is -0.388 e. The van der Waals surface area contributed by atoms with Crippen molar-refractivity contribution >= 4 is 15.9 Å². The van der Waals surface area contributed by atoms with Crippen LogP contribution in [0.3, 0.4) is 0 Å². The van der Waals surface area contributed by atoms with Gasteiger partial charge in [0, 0.05) is 12.6 Å². The van der Waals surface area contributed by atoms with Crippen LogP contribution in [0.2, 0.25) is 0 Å². The third kappa shape index (κ3) is 4.56. The van der Waals surface area contributed by atoms with Gasteiger partial charge in [-0.25, -0.2) is 13.1 Å². The van der Waals surface area contributed by atoms with Gasteiger partial charge in [0.15, 0.2) is 0 Å². The highest BCUT2D eigenvalue weighted by Gasteiger charge is 2.44. The van der Waals surface area contributed by atoms with E-state index in [1.54, 1.807) is 18.2 Å². The number of carbonyl (C=O) groups is 1. The first-order chi connectivity index (χ1) is 11.9. The third-order valence-corrected chi connectivity index (χ3v) is 5.76. The van der Waals surface area contributed by atoms with Gasteiger partial charge in [0.25, 0.3) is 0 Å². The van der Waals surface area contributed by atoms with Crippen molar-refractivity contribution in [3.63, 3.8) is 0 Å². The van der Waals surface area contributed by atoms with Crippen LogP contribution in [0.1, 0.15) is 19.3 Å². The van der Waals surface area contributed by atoms with Gasteiger partial charge in [-0.1, -0.05) is 18.2 Å². The molecule has 2 aliphatic rings. The molecule has 1 aliphatic carbocycles. The fourth-order valence-corrected chi connectivity index (χ4v) is 3.80. The maximum atomic E-state index is 12.2. The van der Waals surface area contributed by atoms with Gasteiger partial charge in [-0.2, -0.15) is 0 Å². The van der Waals surface area contributed by atoms with E-state index in [2.05, 4.69) is 10.0 Å². The highest BCUT2D eigenvalue weighted by molar-refractivity contribution is 7.89. The van der Waals surface area contributed by atoms with E-state index in [1.165, 1.54) is 12.1 Å². The molecule has 4 N–H and O–H groups in total. The van der Waals surface area contributed by atoms with Crippen LogP contribution in [-0.4, -0.2) is 61.5 Å². The standard InChI is InChI=1S/C16H22N2O6S/c19-14(18-10-6-7-10)8-12-15(20)16(21)13(24-12)9-17-25(22,23)11-4-2-1-3-5-11/h1-5,10,12-13,15-17,20-21H,6-9H2,(H,18,19). The number of rotatable bonds is 7. The van der Waals surface area contributed by atoms with Crippen LogP contribution in [0.25, 0.3) is 0 Å². The summed E-state index contributed by atoms with van der Waals surface area (Å²) in [5, 5.41) is 22.9. The van der Waals surface area contributed by atoms with Gasteiger partial charge in [0.1, 0.15) is 18.3 Å². The van der Waals surface area contributed by atoms with Crippen molar-refractivity contribution < 1.29 is 28.2 Å². The van der Waals surface area contributed by atoms with E-state index in [0.29, 0.717) is 0 Å². The topological polar surface area (TPSA) is 125 Å². The van der Waals surface area contributed by atoms with Crippen molar-refractivity contribution in [2.45, 2.75) is 54.6 Å². The Morgan fingerprint density at radius 3 is 2.40 bits per heavy atom. The predicted octanol–water partition coefficient (Wildman–Crippen LogP) is -0.877. The molecule has 1 aromatic rings. The number of amides is 1. The summed E-state index contributed by atoms with van der Waals surface area (Å²) in [6, 6.07) is 8.02. The minimum atomic E-state index is -3.74. The Bertz CT molecular complexity index is 707. The van der Waals surface area contributed by atoms with Crippen molar-refractivity contribution in [2.24, 2.45) is 0 Å². The Morgan fingerprint density at radius 1 is 1.12 bits per heavy atom. The summed E-state index contributed by atoms with van der Waals surface area (Å²) in [6.07, 6.45) is -2.46. The molecule has 9 heteroatoms. The zero-order chi connectivity index (χ0) is 18.0. The summed E-state index contributed by atoms with van der Waals surface area (Å²) in [5.74, 6) is -0.246. The van der Waals surface area contributed by atoms with Gasteiger partial charge in [0.05, 0.1) is 17.4 Å². The smallest absolute Gasteiger partial charge is 0.240 e. The number of aliphatic hydroxyl groups excluding tert-OH is 2. The summed E-state index contributed by atoms with van der Waals surface area (Å²) >= 11 is 0. The quantitative estimate of drug-likeness (QED) is 0.494. The predicted molar refractivity (Wildman–Crippen MR) is 88.1 cm³/mol. The van der Waals surface area contributed by atoms with Crippen LogP contribution >= 0.6 is 0 Å². The maximum Gasteiger partial charge on any atom is 0.240 e. The molecule has 3 rings (SSSR count). The first kappa shape index (κ1) is 18.3. The molecule has 1 saturated carbocycles. The first-order valence-electron chi connectivity index (χ1n) is 8.22. The van der Waals surface area contributed by atoms with Crippen LogP contribution in [-0.2, 0) is 19.6 Å². The molecule has 1 aliphatic heterocycles. The molecule has 1 aromatic carbocycles. The molecule has 25 heavy (non-hydrogen) atoms. The molecule has 4 unspecified atom stereocenters. The Labute approximate surface area is 146 Å². The zero-order valence-electron chi connectivity index (χ0n) is 13.5. The Balaban J connectivity index is 1.55. The lowest BCUT2D eigenvalue weighted by Crippen LogP contribution is -2.40. The summed E-state index contributed by atoms with van der Waals surface area (Å²) in [4.78, 5) is 11.9. The fraction of sp³-hybridized carbons (Fsp3) is 0.562. The third-order valence-electron chi connectivity index (χ3n) is 4.32. The van der Waals surface area contributed by atoms with Crippen molar-refractivity contribution in [3.8, 4) is 0 Å². The molecule has 1 saturated heterocycles. The van der Waals surface area contributed by atoms with Crippen LogP contribution < -0.4 is 10.0 Å². The summed E-state index contributed by atoms with van der Waals surface area (Å²) in [7, 11) is -3.74. The van der Waals surface area contributed by atoms with E-state index in [4.69, 9.17) is 4.74 Å². The second-order valence-corrected chi connectivity index (χ2v) is 8.17. The van der Waals surface area contributed by atoms with E-state index in [1.807, 2.05) is 0 Å². The normalized spacial score (nSPS) is 29.5. The number of ether oxygens (including phenoxy) is 1. The Hall–Kier alpha value is -1.52. The number of benzene rings is 1. The summed E-state index contributed by atoms with van der Waals surface area (Å²) < 4.78 is 32.2. The fourth-order valence-electron chi connectivity index (χ4n) is 2.73. The van der Waals surface area contributed by atoms with Crippen molar-refractivity contribution in [3.05, 3.63) is 30.3 Å². The molecular formula is C16H22N2O6S. The van der Waals surface area contributed by atoms with E-state index in [-0.39, 0.29) is 29.8 Å². The highest BCUT2D eigenvalue weighted by Crippen LogP contribution is 2.25. The molecule has 1 amide bonds. The maximum absolute atomic E-state index is 12.2. The van der Waals surface area contributed by atoms with Crippen molar-refractivity contribution in [2.75, 3.05) is 6.54 Å². The molecule has 8 nitrogen and oxygen atoms in total. The van der Waals surface area contributed by atoms with E-state index >= 15 is 0 Å². The van der Waals surface area contributed by atoms with E-state index < -0.39 is 34.4 Å². The van der Waals surface area contributed by atoms with Crippen LogP contribution in [0.4, 0.5) is 0 Å². The molecule has 1 heterocycles. The van der Waals surface area contributed by atoms with Gasteiger partial charge in [-0.05, 0) is 25.0 Å². The van der Waals surface area contributed by atoms with Crippen LogP contribution in [0, 0.1) is 0 Å². The second kappa shape index (κ2) is 7.38. The number of hydrogen-bond donors (Lipinski definition) is 4. The Kier molecular flexibility index (Phi) is 5.40. The SMILES string of the molecule is O=C(CC1OC(CNS(=O)(=O)c2ccccc2)C(O)C1O)NC1CC1. The van der Waals surface area contributed by atoms with Gasteiger partial charge < -0.3 is 20.3 Å². The van der Waals surface area contributed by atoms with Gasteiger partial charge in [0.2, 0.25) is 15.9 Å². The van der Waals surface area contributed by atoms with Crippen molar-refractivity contribution in [1.29, 1.82) is 0 Å². The molecule has 138 valence electrons. The lowest BCUT2D eigenvalue weighted by molar-refractivity contribution is -0.125. The van der Waals surface area contributed by atoms with Crippen LogP contribution in [0.15, 0.2) is 35.2 Å². The second-order valence-electron chi connectivity index (χ2n) is 6.41. The highest BCUT2D eigenvalue weighted by atomic mass is 32.2. The molecule has 0 spiro atoms. The molecule has 0 radical (unpaired) electrons. The summed E-state index contributed by atoms with van der Waals surface area (Å²) in [6.45, 7) is -0.198. The average molecular weight is 370 g/mol. The molecule has 0 aromatic heterocycles. The number of nitrogens with one attached hydrogen (secondary N) is 2. The number of carbonyl (C=O) groups excluding carboxylic acids is 1. The van der Waals surface area contributed by atoms with Crippen molar-refractivity contribution in [1.82, 2.24) is 10.0 Å². The Morgan fingerprint density at radius 2 is 1.76 bits per heavy atom. The van der Waals surface area contributed by atoms with E-state index in [0.717, 1.165) is 12.8 Å². The molecule has 4 atom stereocenters. The van der Waals surface area contributed by atoms with E-state index in [9.17, 15) is 23.4 Å².